The zero-order valence-electron chi connectivity index (χ0n) is 28.9. The number of carbonyl (C=O) groups is 3. The number of rotatable bonds is 6. The average Bonchev–Trinajstić information content (AvgIpc) is 3.69. The second-order valence-electron chi connectivity index (χ2n) is 15.3. The molecule has 2 saturated heterocycles. The molecule has 1 aliphatic carbocycles. The van der Waals surface area contributed by atoms with Crippen molar-refractivity contribution in [1.82, 2.24) is 15.1 Å². The molecular formula is C43H44N4O4. The van der Waals surface area contributed by atoms with Crippen LogP contribution < -0.4 is 10.2 Å². The highest BCUT2D eigenvalue weighted by Crippen LogP contribution is 2.47. The van der Waals surface area contributed by atoms with Crippen LogP contribution in [0.15, 0.2) is 84.9 Å². The van der Waals surface area contributed by atoms with Crippen molar-refractivity contribution in [2.24, 2.45) is 5.92 Å². The number of anilines is 1. The number of carbonyl (C=O) groups excluding carboxylic acids is 3. The molecule has 0 bridgehead atoms. The molecule has 1 unspecified atom stereocenters. The molecule has 51 heavy (non-hydrogen) atoms. The Morgan fingerprint density at radius 3 is 2.24 bits per heavy atom. The Kier molecular flexibility index (Phi) is 8.14. The van der Waals surface area contributed by atoms with Crippen LogP contribution in [0.2, 0.25) is 0 Å². The molecule has 2 fully saturated rings. The first-order valence-corrected chi connectivity index (χ1v) is 18.6. The lowest BCUT2D eigenvalue weighted by molar-refractivity contribution is -0.136. The lowest BCUT2D eigenvalue weighted by atomic mass is 9.69. The van der Waals surface area contributed by atoms with Gasteiger partial charge in [-0.2, -0.15) is 0 Å². The molecule has 260 valence electrons. The topological polar surface area (TPSA) is 93.2 Å². The number of benzene rings is 4. The minimum Gasteiger partial charge on any atom is -0.508 e. The number of piperidine rings is 2. The summed E-state index contributed by atoms with van der Waals surface area (Å²) in [6.45, 7) is 5.32. The molecule has 4 aromatic rings. The molecule has 4 aliphatic heterocycles. The summed E-state index contributed by atoms with van der Waals surface area (Å²) >= 11 is 0. The molecule has 8 nitrogen and oxygen atoms in total. The van der Waals surface area contributed by atoms with Gasteiger partial charge in [-0.25, -0.2) is 0 Å². The van der Waals surface area contributed by atoms with Gasteiger partial charge in [0.15, 0.2) is 0 Å². The highest BCUT2D eigenvalue weighted by molar-refractivity contribution is 6.05. The van der Waals surface area contributed by atoms with Crippen molar-refractivity contribution >= 4 is 23.4 Å². The van der Waals surface area contributed by atoms with Crippen molar-refractivity contribution in [3.63, 3.8) is 0 Å². The number of nitrogens with zero attached hydrogens (tertiary/aromatic N) is 3. The van der Waals surface area contributed by atoms with Gasteiger partial charge in [-0.15, -0.1) is 0 Å². The van der Waals surface area contributed by atoms with Crippen molar-refractivity contribution < 1.29 is 19.5 Å². The molecular weight excluding hydrogens is 636 g/mol. The van der Waals surface area contributed by atoms with Crippen LogP contribution in [0.25, 0.3) is 0 Å². The van der Waals surface area contributed by atoms with E-state index in [1.54, 1.807) is 4.90 Å². The third-order valence-electron chi connectivity index (χ3n) is 12.2. The second kappa shape index (κ2) is 13.0. The molecule has 3 atom stereocenters. The van der Waals surface area contributed by atoms with Gasteiger partial charge in [0.1, 0.15) is 11.8 Å². The summed E-state index contributed by atoms with van der Waals surface area (Å²) in [4.78, 5) is 44.1. The van der Waals surface area contributed by atoms with Gasteiger partial charge in [0.2, 0.25) is 11.8 Å². The third-order valence-corrected chi connectivity index (χ3v) is 12.2. The van der Waals surface area contributed by atoms with E-state index in [0.29, 0.717) is 36.1 Å². The predicted octanol–water partition coefficient (Wildman–Crippen LogP) is 6.25. The van der Waals surface area contributed by atoms with Gasteiger partial charge in [-0.3, -0.25) is 24.6 Å². The number of phenolic OH excluding ortho intramolecular Hbond substituents is 1. The fourth-order valence-corrected chi connectivity index (χ4v) is 9.58. The first-order valence-electron chi connectivity index (χ1n) is 18.6. The van der Waals surface area contributed by atoms with E-state index in [1.165, 1.54) is 39.1 Å². The van der Waals surface area contributed by atoms with E-state index in [4.69, 9.17) is 0 Å². The van der Waals surface area contributed by atoms with Crippen LogP contribution in [0, 0.1) is 5.92 Å². The van der Waals surface area contributed by atoms with E-state index in [1.807, 2.05) is 12.1 Å². The summed E-state index contributed by atoms with van der Waals surface area (Å²) < 4.78 is 0. The SMILES string of the molecule is O=C1CCC(N2Cc3cc4c(cc3C2=O)CN(CC2CCN(c3ccc([C@@H]5c6ccc(O)cc6CC[C@@H]5c5ccccc5)cc3)CC2)C4)C(=O)N1. The van der Waals surface area contributed by atoms with Crippen molar-refractivity contribution in [3.05, 3.63) is 129 Å². The number of aryl methyl sites for hydroxylation is 1. The normalized spacial score (nSPS) is 23.6. The lowest BCUT2D eigenvalue weighted by Crippen LogP contribution is -2.52. The average molecular weight is 681 g/mol. The largest absolute Gasteiger partial charge is 0.508 e. The first kappa shape index (κ1) is 32.0. The summed E-state index contributed by atoms with van der Waals surface area (Å²) in [6, 6.07) is 29.8. The van der Waals surface area contributed by atoms with Crippen molar-refractivity contribution in [2.75, 3.05) is 24.5 Å². The molecule has 2 N–H and O–H groups in total. The van der Waals surface area contributed by atoms with Crippen LogP contribution in [0.1, 0.15) is 93.2 Å². The van der Waals surface area contributed by atoms with E-state index in [2.05, 4.69) is 87.9 Å². The van der Waals surface area contributed by atoms with Crippen molar-refractivity contribution in [1.29, 1.82) is 0 Å². The summed E-state index contributed by atoms with van der Waals surface area (Å²) in [7, 11) is 0. The standard InChI is InChI=1S/C43H44N4O4/c48-35-11-13-37-30(21-35)8-12-36(28-4-2-1-3-5-28)41(37)29-6-9-34(10-7-29)46-18-16-27(17-19-46)23-45-24-31-20-33-26-47(39-14-15-40(49)44-42(39)50)43(51)38(33)22-32(31)25-45/h1-7,9-11,13,20-22,27,36,39,41,48H,8,12,14-19,23-26H2,(H,44,49,50)/t36-,39?,41+/m1/s1. The van der Waals surface area contributed by atoms with Crippen LogP contribution in [-0.2, 0) is 35.6 Å². The molecule has 3 amide bonds. The maximum absolute atomic E-state index is 13.3. The number of hydrogen-bond acceptors (Lipinski definition) is 6. The second-order valence-corrected chi connectivity index (χ2v) is 15.3. The first-order chi connectivity index (χ1) is 24.9. The van der Waals surface area contributed by atoms with Crippen molar-refractivity contribution in [3.8, 4) is 5.75 Å². The summed E-state index contributed by atoms with van der Waals surface area (Å²) in [6.07, 6.45) is 5.00. The molecule has 0 saturated carbocycles. The Hall–Kier alpha value is -4.95. The molecule has 8 heteroatoms. The predicted molar refractivity (Wildman–Crippen MR) is 195 cm³/mol. The monoisotopic (exact) mass is 680 g/mol. The minimum absolute atomic E-state index is 0.0963. The van der Waals surface area contributed by atoms with Crippen LogP contribution in [0.4, 0.5) is 5.69 Å². The number of nitrogens with one attached hydrogen (secondary N) is 1. The zero-order chi connectivity index (χ0) is 34.6. The fourth-order valence-electron chi connectivity index (χ4n) is 9.58. The van der Waals surface area contributed by atoms with Gasteiger partial charge in [0.25, 0.3) is 5.91 Å². The molecule has 9 rings (SSSR count). The maximum atomic E-state index is 13.3. The van der Waals surface area contributed by atoms with Gasteiger partial charge in [-0.05, 0) is 113 Å². The number of phenols is 1. The summed E-state index contributed by atoms with van der Waals surface area (Å²) in [5, 5.41) is 12.6. The zero-order valence-corrected chi connectivity index (χ0v) is 28.9. The van der Waals surface area contributed by atoms with Gasteiger partial charge in [0, 0.05) is 62.9 Å². The Morgan fingerprint density at radius 2 is 1.47 bits per heavy atom. The van der Waals surface area contributed by atoms with Crippen molar-refractivity contribution in [2.45, 2.75) is 76.0 Å². The molecule has 4 aromatic carbocycles. The van der Waals surface area contributed by atoms with Gasteiger partial charge in [-0.1, -0.05) is 54.6 Å². The highest BCUT2D eigenvalue weighted by Gasteiger charge is 2.40. The maximum Gasteiger partial charge on any atom is 0.255 e. The van der Waals surface area contributed by atoms with Gasteiger partial charge in [0.05, 0.1) is 0 Å². The van der Waals surface area contributed by atoms with Crippen LogP contribution in [-0.4, -0.2) is 58.3 Å². The summed E-state index contributed by atoms with van der Waals surface area (Å²) in [5.41, 5.74) is 10.8. The highest BCUT2D eigenvalue weighted by atomic mass is 16.3. The third kappa shape index (κ3) is 5.99. The smallest absolute Gasteiger partial charge is 0.255 e. The molecule has 4 heterocycles. The van der Waals surface area contributed by atoms with Crippen LogP contribution in [0.3, 0.4) is 0 Å². The van der Waals surface area contributed by atoms with E-state index in [0.717, 1.165) is 64.0 Å². The molecule has 0 aromatic heterocycles. The van der Waals surface area contributed by atoms with Gasteiger partial charge < -0.3 is 14.9 Å². The Bertz CT molecular complexity index is 2000. The molecule has 5 aliphatic rings. The van der Waals surface area contributed by atoms with E-state index >= 15 is 0 Å². The Labute approximate surface area is 299 Å². The number of fused-ring (bicyclic) bond motifs is 3. The van der Waals surface area contributed by atoms with Gasteiger partial charge >= 0.3 is 0 Å². The fraction of sp³-hybridized carbons (Fsp3) is 0.372. The van der Waals surface area contributed by atoms with E-state index in [9.17, 15) is 19.5 Å². The van der Waals surface area contributed by atoms with E-state index in [-0.39, 0.29) is 30.1 Å². The Morgan fingerprint density at radius 1 is 0.706 bits per heavy atom. The molecule has 0 radical (unpaired) electrons. The number of hydrogen-bond donors (Lipinski definition) is 2. The quantitative estimate of drug-likeness (QED) is 0.234. The molecule has 0 spiro atoms. The summed E-state index contributed by atoms with van der Waals surface area (Å²) in [5.74, 6) is 0.911. The lowest BCUT2D eigenvalue weighted by Gasteiger charge is -2.36. The Balaban J connectivity index is 0.823. The van der Waals surface area contributed by atoms with E-state index < -0.39 is 6.04 Å². The number of amides is 3. The number of imide groups is 1. The van der Waals surface area contributed by atoms with Crippen LogP contribution in [0.5, 0.6) is 5.75 Å². The van der Waals surface area contributed by atoms with Crippen LogP contribution >= 0.6 is 0 Å². The minimum atomic E-state index is -0.574. The number of aromatic hydroxyl groups is 1.